The van der Waals surface area contributed by atoms with E-state index in [2.05, 4.69) is 5.32 Å². The van der Waals surface area contributed by atoms with Gasteiger partial charge in [0.25, 0.3) is 5.69 Å². The number of carbonyl (C=O) groups excluding carboxylic acids is 1. The van der Waals surface area contributed by atoms with Gasteiger partial charge in [0.15, 0.2) is 0 Å². The van der Waals surface area contributed by atoms with E-state index in [1.807, 2.05) is 0 Å². The van der Waals surface area contributed by atoms with E-state index in [-0.39, 0.29) is 16.9 Å². The molecular formula is C9H10N2O4. The molecule has 0 aromatic heterocycles. The lowest BCUT2D eigenvalue weighted by atomic mass is 10.2. The largest absolute Gasteiger partial charge is 0.374 e. The van der Waals surface area contributed by atoms with Gasteiger partial charge in [0, 0.05) is 11.6 Å². The van der Waals surface area contributed by atoms with Crippen molar-refractivity contribution in [3.8, 4) is 0 Å². The molecule has 80 valence electrons. The summed E-state index contributed by atoms with van der Waals surface area (Å²) in [7, 11) is 0. The number of carbonyl (C=O) groups is 1. The zero-order valence-corrected chi connectivity index (χ0v) is 8.01. The molecule has 0 amide bonds. The molecule has 1 aromatic rings. The first-order valence-corrected chi connectivity index (χ1v) is 4.23. The number of hydrogen-bond donors (Lipinski definition) is 2. The highest BCUT2D eigenvalue weighted by Crippen LogP contribution is 2.25. The van der Waals surface area contributed by atoms with Crippen LogP contribution in [0.5, 0.6) is 0 Å². The van der Waals surface area contributed by atoms with E-state index < -0.39 is 11.2 Å². The zero-order chi connectivity index (χ0) is 11.4. The second-order valence-electron chi connectivity index (χ2n) is 2.97. The molecule has 6 nitrogen and oxygen atoms in total. The third-order valence-corrected chi connectivity index (χ3v) is 1.72. The number of nitrogens with one attached hydrogen (secondary N) is 1. The first kappa shape index (κ1) is 11.1. The van der Waals surface area contributed by atoms with Crippen LogP contribution < -0.4 is 5.32 Å². The number of nitrogens with zero attached hydrogens (tertiary/aromatic N) is 1. The maximum absolute atomic E-state index is 10.6. The number of nitro groups is 1. The minimum atomic E-state index is -0.897. The third-order valence-electron chi connectivity index (χ3n) is 1.72. The Bertz CT molecular complexity index is 390. The molecule has 15 heavy (non-hydrogen) atoms. The Kier molecular flexibility index (Phi) is 3.35. The van der Waals surface area contributed by atoms with Crippen LogP contribution in [0.25, 0.3) is 0 Å². The van der Waals surface area contributed by atoms with Crippen molar-refractivity contribution in [3.63, 3.8) is 0 Å². The van der Waals surface area contributed by atoms with Crippen molar-refractivity contribution >= 4 is 17.7 Å². The van der Waals surface area contributed by atoms with Gasteiger partial charge in [0.1, 0.15) is 18.2 Å². The normalized spacial score (nSPS) is 11.9. The smallest absolute Gasteiger partial charge is 0.293 e. The molecule has 0 aliphatic carbocycles. The fourth-order valence-corrected chi connectivity index (χ4v) is 1.12. The van der Waals surface area contributed by atoms with E-state index in [1.165, 1.54) is 19.1 Å². The van der Waals surface area contributed by atoms with Crippen LogP contribution in [-0.4, -0.2) is 22.5 Å². The van der Waals surface area contributed by atoms with Gasteiger partial charge >= 0.3 is 0 Å². The van der Waals surface area contributed by atoms with Gasteiger partial charge in [0.2, 0.25) is 0 Å². The van der Waals surface area contributed by atoms with Crippen molar-refractivity contribution in [2.24, 2.45) is 0 Å². The second-order valence-corrected chi connectivity index (χ2v) is 2.97. The van der Waals surface area contributed by atoms with Crippen LogP contribution in [0.2, 0.25) is 0 Å². The number of benzene rings is 1. The minimum Gasteiger partial charge on any atom is -0.374 e. The van der Waals surface area contributed by atoms with E-state index in [9.17, 15) is 14.9 Å². The van der Waals surface area contributed by atoms with Crippen molar-refractivity contribution < 1.29 is 14.8 Å². The lowest BCUT2D eigenvalue weighted by molar-refractivity contribution is -0.384. The Hall–Kier alpha value is -1.95. The van der Waals surface area contributed by atoms with Gasteiger partial charge in [0.05, 0.1) is 4.92 Å². The average molecular weight is 210 g/mol. The summed E-state index contributed by atoms with van der Waals surface area (Å²) in [4.78, 5) is 20.4. The summed E-state index contributed by atoms with van der Waals surface area (Å²) in [5.74, 6) is 0. The molecule has 1 aromatic carbocycles. The molecule has 6 heteroatoms. The number of rotatable bonds is 4. The summed E-state index contributed by atoms with van der Waals surface area (Å²) in [5, 5.41) is 22.2. The van der Waals surface area contributed by atoms with Crippen molar-refractivity contribution in [1.82, 2.24) is 0 Å². The molecular weight excluding hydrogens is 200 g/mol. The fourth-order valence-electron chi connectivity index (χ4n) is 1.12. The maximum atomic E-state index is 10.6. The summed E-state index contributed by atoms with van der Waals surface area (Å²) in [5.41, 5.74) is 0.166. The molecule has 1 atom stereocenters. The molecule has 2 N–H and O–H groups in total. The molecule has 0 saturated carbocycles. The Labute approximate surface area is 85.7 Å². The van der Waals surface area contributed by atoms with Crippen LogP contribution in [0.15, 0.2) is 18.2 Å². The van der Waals surface area contributed by atoms with Gasteiger partial charge in [-0.25, -0.2) is 0 Å². The highest BCUT2D eigenvalue weighted by atomic mass is 16.6. The summed E-state index contributed by atoms with van der Waals surface area (Å²) in [6, 6.07) is 3.97. The number of aliphatic hydroxyl groups is 1. The first-order valence-electron chi connectivity index (χ1n) is 4.23. The molecule has 0 fully saturated rings. The van der Waals surface area contributed by atoms with Crippen molar-refractivity contribution in [2.75, 3.05) is 5.32 Å². The number of hydrogen-bond acceptors (Lipinski definition) is 5. The van der Waals surface area contributed by atoms with Crippen LogP contribution >= 0.6 is 0 Å². The van der Waals surface area contributed by atoms with Gasteiger partial charge in [-0.15, -0.1) is 0 Å². The summed E-state index contributed by atoms with van der Waals surface area (Å²) in [6.07, 6.45) is -0.370. The first-order chi connectivity index (χ1) is 7.04. The molecule has 0 aliphatic rings. The Morgan fingerprint density at radius 1 is 1.60 bits per heavy atom. The molecule has 0 saturated heterocycles. The number of anilines is 1. The van der Waals surface area contributed by atoms with Gasteiger partial charge in [-0.3, -0.25) is 14.9 Å². The van der Waals surface area contributed by atoms with Gasteiger partial charge in [-0.05, 0) is 19.1 Å². The zero-order valence-electron chi connectivity index (χ0n) is 8.01. The Morgan fingerprint density at radius 2 is 2.27 bits per heavy atom. The monoisotopic (exact) mass is 210 g/mol. The van der Waals surface area contributed by atoms with Crippen molar-refractivity contribution in [3.05, 3.63) is 33.9 Å². The average Bonchev–Trinajstić information content (AvgIpc) is 2.17. The molecule has 1 unspecified atom stereocenters. The van der Waals surface area contributed by atoms with Gasteiger partial charge in [-0.1, -0.05) is 0 Å². The predicted molar refractivity (Wildman–Crippen MR) is 53.8 cm³/mol. The fraction of sp³-hybridized carbons (Fsp3) is 0.222. The predicted octanol–water partition coefficient (Wildman–Crippen LogP) is 1.16. The highest BCUT2D eigenvalue weighted by Gasteiger charge is 2.15. The molecule has 0 heterocycles. The number of aldehydes is 1. The van der Waals surface area contributed by atoms with Crippen molar-refractivity contribution in [2.45, 2.75) is 13.2 Å². The summed E-state index contributed by atoms with van der Waals surface area (Å²) in [6.45, 7) is 1.44. The summed E-state index contributed by atoms with van der Waals surface area (Å²) < 4.78 is 0. The van der Waals surface area contributed by atoms with E-state index in [4.69, 9.17) is 5.11 Å². The van der Waals surface area contributed by atoms with Crippen LogP contribution in [0.3, 0.4) is 0 Å². The molecule has 1 rings (SSSR count). The van der Waals surface area contributed by atoms with Crippen LogP contribution in [0.4, 0.5) is 11.4 Å². The topological polar surface area (TPSA) is 92.5 Å². The van der Waals surface area contributed by atoms with E-state index in [1.54, 1.807) is 0 Å². The molecule has 0 bridgehead atoms. The Balaban J connectivity index is 3.14. The van der Waals surface area contributed by atoms with Crippen LogP contribution in [-0.2, 0) is 0 Å². The quantitative estimate of drug-likeness (QED) is 0.336. The standard InChI is InChI=1S/C9H10N2O4/c1-6(13)10-8-3-2-7(5-12)4-9(8)11(14)15/h2-6,10,13H,1H3. The van der Waals surface area contributed by atoms with Crippen molar-refractivity contribution in [1.29, 1.82) is 0 Å². The van der Waals surface area contributed by atoms with E-state index in [0.717, 1.165) is 6.07 Å². The second kappa shape index (κ2) is 4.52. The molecule has 0 radical (unpaired) electrons. The summed E-state index contributed by atoms with van der Waals surface area (Å²) >= 11 is 0. The molecule has 0 aliphatic heterocycles. The molecule has 0 spiro atoms. The lowest BCUT2D eigenvalue weighted by Crippen LogP contribution is -2.14. The Morgan fingerprint density at radius 3 is 2.73 bits per heavy atom. The van der Waals surface area contributed by atoms with E-state index >= 15 is 0 Å². The van der Waals surface area contributed by atoms with Gasteiger partial charge in [-0.2, -0.15) is 0 Å². The lowest BCUT2D eigenvalue weighted by Gasteiger charge is -2.09. The highest BCUT2D eigenvalue weighted by molar-refractivity contribution is 5.79. The number of aliphatic hydroxyl groups excluding tert-OH is 1. The van der Waals surface area contributed by atoms with E-state index in [0.29, 0.717) is 6.29 Å². The third kappa shape index (κ3) is 2.75. The van der Waals surface area contributed by atoms with Gasteiger partial charge < -0.3 is 10.4 Å². The maximum Gasteiger partial charge on any atom is 0.293 e. The number of nitro benzene ring substituents is 1. The SMILES string of the molecule is CC(O)Nc1ccc(C=O)cc1[N+](=O)[O-]. The minimum absolute atomic E-state index is 0.181. The van der Waals surface area contributed by atoms with Crippen LogP contribution in [0.1, 0.15) is 17.3 Å². The van der Waals surface area contributed by atoms with Crippen LogP contribution in [0, 0.1) is 10.1 Å².